The maximum atomic E-state index is 14.7. The second kappa shape index (κ2) is 14.3. The summed E-state index contributed by atoms with van der Waals surface area (Å²) in [6.07, 6.45) is 5.68. The lowest BCUT2D eigenvalue weighted by Gasteiger charge is -2.37. The van der Waals surface area contributed by atoms with Crippen LogP contribution < -0.4 is 21.3 Å². The molecule has 0 spiro atoms. The van der Waals surface area contributed by atoms with E-state index in [1.54, 1.807) is 11.0 Å². The molecule has 0 radical (unpaired) electrons. The van der Waals surface area contributed by atoms with E-state index in [9.17, 15) is 24.0 Å². The Labute approximate surface area is 285 Å². The SMILES string of the molecule is C=CCCC(NC(=O)[C@@H]1[C@@H]2[C@H](CN1C(=O)[C@@H](NC(=O)NC(C)(C)CC(C)(C)C)C1Cc3ccccc3C1)C2(C)C)C(=O)C(=O)NCC=C. The zero-order valence-corrected chi connectivity index (χ0v) is 29.8. The van der Waals surface area contributed by atoms with Crippen molar-refractivity contribution in [3.8, 4) is 0 Å². The normalized spacial score (nSPS) is 22.4. The lowest BCUT2D eigenvalue weighted by Crippen LogP contribution is -2.61. The summed E-state index contributed by atoms with van der Waals surface area (Å²) in [5, 5.41) is 11.5. The van der Waals surface area contributed by atoms with Gasteiger partial charge in [0.25, 0.3) is 5.91 Å². The summed E-state index contributed by atoms with van der Waals surface area (Å²) in [5.74, 6) is -2.56. The highest BCUT2D eigenvalue weighted by atomic mass is 16.2. The molecule has 3 aliphatic rings. The number of rotatable bonds is 14. The molecule has 5 amide bonds. The van der Waals surface area contributed by atoms with Crippen molar-refractivity contribution in [1.29, 1.82) is 0 Å². The van der Waals surface area contributed by atoms with E-state index in [0.717, 1.165) is 17.5 Å². The second-order valence-electron chi connectivity index (χ2n) is 16.3. The van der Waals surface area contributed by atoms with Crippen LogP contribution in [0.25, 0.3) is 0 Å². The number of hydrogen-bond acceptors (Lipinski definition) is 5. The summed E-state index contributed by atoms with van der Waals surface area (Å²) in [5.41, 5.74) is 1.56. The molecule has 2 aliphatic carbocycles. The summed E-state index contributed by atoms with van der Waals surface area (Å²) in [4.78, 5) is 69.7. The van der Waals surface area contributed by atoms with E-state index in [1.807, 2.05) is 26.0 Å². The minimum atomic E-state index is -1.08. The van der Waals surface area contributed by atoms with Gasteiger partial charge in [-0.2, -0.15) is 0 Å². The predicted molar refractivity (Wildman–Crippen MR) is 187 cm³/mol. The van der Waals surface area contributed by atoms with Crippen molar-refractivity contribution in [3.05, 3.63) is 60.7 Å². The average Bonchev–Trinajstić information content (AvgIpc) is 3.35. The molecule has 10 heteroatoms. The fraction of sp³-hybridized carbons (Fsp3) is 0.605. The maximum absolute atomic E-state index is 14.7. The fourth-order valence-corrected chi connectivity index (χ4v) is 8.28. The average molecular weight is 662 g/mol. The van der Waals surface area contributed by atoms with Crippen molar-refractivity contribution in [2.24, 2.45) is 28.6 Å². The first-order valence-corrected chi connectivity index (χ1v) is 17.2. The molecule has 48 heavy (non-hydrogen) atoms. The highest BCUT2D eigenvalue weighted by molar-refractivity contribution is 6.38. The quantitative estimate of drug-likeness (QED) is 0.176. The van der Waals surface area contributed by atoms with Crippen molar-refractivity contribution in [2.45, 2.75) is 104 Å². The Kier molecular flexibility index (Phi) is 11.0. The molecule has 5 atom stereocenters. The number of carbonyl (C=O) groups is 5. The zero-order valence-electron chi connectivity index (χ0n) is 29.8. The number of piperidine rings is 1. The minimum Gasteiger partial charge on any atom is -0.346 e. The summed E-state index contributed by atoms with van der Waals surface area (Å²) in [6.45, 7) is 22.2. The maximum Gasteiger partial charge on any atom is 0.315 e. The second-order valence-corrected chi connectivity index (χ2v) is 16.3. The van der Waals surface area contributed by atoms with Crippen molar-refractivity contribution in [3.63, 3.8) is 0 Å². The molecule has 1 heterocycles. The minimum absolute atomic E-state index is 0.0275. The van der Waals surface area contributed by atoms with E-state index >= 15 is 0 Å². The lowest BCUT2D eigenvalue weighted by molar-refractivity contribution is -0.144. The first kappa shape index (κ1) is 36.9. The van der Waals surface area contributed by atoms with Gasteiger partial charge in [0, 0.05) is 18.6 Å². The van der Waals surface area contributed by atoms with Crippen LogP contribution in [-0.4, -0.2) is 71.2 Å². The van der Waals surface area contributed by atoms with Crippen LogP contribution in [0.2, 0.25) is 0 Å². The van der Waals surface area contributed by atoms with Crippen molar-refractivity contribution < 1.29 is 24.0 Å². The molecule has 1 unspecified atom stereocenters. The Morgan fingerprint density at radius 2 is 1.60 bits per heavy atom. The molecule has 262 valence electrons. The van der Waals surface area contributed by atoms with Crippen molar-refractivity contribution >= 4 is 29.5 Å². The number of allylic oxidation sites excluding steroid dienone is 1. The molecule has 1 aliphatic heterocycles. The largest absolute Gasteiger partial charge is 0.346 e. The van der Waals surface area contributed by atoms with Gasteiger partial charge in [-0.3, -0.25) is 19.2 Å². The highest BCUT2D eigenvalue weighted by Crippen LogP contribution is 2.65. The molecule has 1 aromatic rings. The summed E-state index contributed by atoms with van der Waals surface area (Å²) in [6, 6.07) is 4.84. The van der Waals surface area contributed by atoms with Crippen LogP contribution in [0.4, 0.5) is 4.79 Å². The number of urea groups is 1. The number of likely N-dealkylation sites (tertiary alicyclic amines) is 1. The van der Waals surface area contributed by atoms with Crippen LogP contribution in [0.15, 0.2) is 49.6 Å². The van der Waals surface area contributed by atoms with Crippen molar-refractivity contribution in [1.82, 2.24) is 26.2 Å². The van der Waals surface area contributed by atoms with Crippen LogP contribution in [0.1, 0.15) is 78.9 Å². The van der Waals surface area contributed by atoms with E-state index in [-0.39, 0.29) is 47.5 Å². The number of Topliss-reactive ketones (excluding diaryl/α,β-unsaturated/α-hetero) is 1. The molecule has 2 fully saturated rings. The first-order chi connectivity index (χ1) is 22.4. The van der Waals surface area contributed by atoms with Gasteiger partial charge in [0.05, 0.1) is 6.04 Å². The number of ketones is 1. The molecule has 1 saturated carbocycles. The third kappa shape index (κ3) is 8.36. The summed E-state index contributed by atoms with van der Waals surface area (Å²) >= 11 is 0. The van der Waals surface area contributed by atoms with Gasteiger partial charge in [0.2, 0.25) is 17.6 Å². The molecule has 4 rings (SSSR count). The Bertz CT molecular complexity index is 1420. The van der Waals surface area contributed by atoms with Crippen LogP contribution in [-0.2, 0) is 32.0 Å². The van der Waals surface area contributed by atoms with Crippen LogP contribution in [0.3, 0.4) is 0 Å². The number of fused-ring (bicyclic) bond motifs is 2. The molecular weight excluding hydrogens is 606 g/mol. The van der Waals surface area contributed by atoms with Gasteiger partial charge in [0.1, 0.15) is 12.1 Å². The molecule has 0 aromatic heterocycles. The number of carbonyl (C=O) groups excluding carboxylic acids is 5. The fourth-order valence-electron chi connectivity index (χ4n) is 8.28. The van der Waals surface area contributed by atoms with Gasteiger partial charge < -0.3 is 26.2 Å². The standard InChI is InChI=1S/C38H55N5O5/c1-10-12-17-27(31(44)33(46)39-18-11-2)40-32(45)30-28-26(38(28,8)9)21-43(30)34(47)29(25-19-23-15-13-14-16-24(23)20-25)41-35(48)42-37(6,7)22-36(3,4)5/h10-11,13-16,25-30H,1-2,12,17-22H2,3-9H3,(H,39,46)(H,40,45)(H2,41,42,48)/t26-,27?,28-,29-,30-/m0/s1. The topological polar surface area (TPSA) is 137 Å². The lowest BCUT2D eigenvalue weighted by atomic mass is 9.82. The van der Waals surface area contributed by atoms with Gasteiger partial charge in [-0.15, -0.1) is 13.2 Å². The van der Waals surface area contributed by atoms with E-state index in [2.05, 4.69) is 81.2 Å². The first-order valence-electron chi connectivity index (χ1n) is 17.2. The molecule has 10 nitrogen and oxygen atoms in total. The third-order valence-electron chi connectivity index (χ3n) is 10.2. The third-order valence-corrected chi connectivity index (χ3v) is 10.2. The smallest absolute Gasteiger partial charge is 0.315 e. The van der Waals surface area contributed by atoms with E-state index in [0.29, 0.717) is 25.8 Å². The molecule has 1 aromatic carbocycles. The van der Waals surface area contributed by atoms with Gasteiger partial charge in [-0.25, -0.2) is 4.79 Å². The summed E-state index contributed by atoms with van der Waals surface area (Å²) in [7, 11) is 0. The predicted octanol–water partition coefficient (Wildman–Crippen LogP) is 4.09. The van der Waals surface area contributed by atoms with E-state index in [1.165, 1.54) is 6.08 Å². The molecular formula is C38H55N5O5. The van der Waals surface area contributed by atoms with E-state index < -0.39 is 47.3 Å². The molecule has 4 N–H and O–H groups in total. The Balaban J connectivity index is 1.60. The number of nitrogens with zero attached hydrogens (tertiary/aromatic N) is 1. The van der Waals surface area contributed by atoms with Crippen molar-refractivity contribution in [2.75, 3.05) is 13.1 Å². The Hall–Kier alpha value is -3.95. The van der Waals surface area contributed by atoms with Crippen LogP contribution in [0, 0.1) is 28.6 Å². The van der Waals surface area contributed by atoms with Crippen LogP contribution in [0.5, 0.6) is 0 Å². The highest BCUT2D eigenvalue weighted by Gasteiger charge is 2.69. The molecule has 0 bridgehead atoms. The molecule has 1 saturated heterocycles. The van der Waals surface area contributed by atoms with Gasteiger partial charge in [0.15, 0.2) is 0 Å². The zero-order chi connectivity index (χ0) is 35.6. The van der Waals surface area contributed by atoms with Gasteiger partial charge in [-0.1, -0.05) is 71.0 Å². The summed E-state index contributed by atoms with van der Waals surface area (Å²) < 4.78 is 0. The number of hydrogen-bond donors (Lipinski definition) is 4. The van der Waals surface area contributed by atoms with E-state index in [4.69, 9.17) is 0 Å². The number of benzene rings is 1. The van der Waals surface area contributed by atoms with Gasteiger partial charge >= 0.3 is 6.03 Å². The monoisotopic (exact) mass is 661 g/mol. The van der Waals surface area contributed by atoms with Gasteiger partial charge in [-0.05, 0) is 85.7 Å². The van der Waals surface area contributed by atoms with Crippen LogP contribution >= 0.6 is 0 Å². The Morgan fingerprint density at radius 3 is 2.17 bits per heavy atom. The number of nitrogens with one attached hydrogen (secondary N) is 4. The number of amides is 5. The Morgan fingerprint density at radius 1 is 0.979 bits per heavy atom.